The molecule has 0 radical (unpaired) electrons. The second-order valence-corrected chi connectivity index (χ2v) is 14.3. The number of aryl methyl sites for hydroxylation is 2. The van der Waals surface area contributed by atoms with E-state index >= 15 is 0 Å². The zero-order valence-electron chi connectivity index (χ0n) is 30.8. The summed E-state index contributed by atoms with van der Waals surface area (Å²) in [4.78, 5) is 0. The molecule has 1 aliphatic rings. The fourth-order valence-electron chi connectivity index (χ4n) is 8.17. The summed E-state index contributed by atoms with van der Waals surface area (Å²) in [5.74, 6) is 2.70. The van der Waals surface area contributed by atoms with Gasteiger partial charge in [0.1, 0.15) is 23.0 Å². The Kier molecular flexibility index (Phi) is 8.44. The Labute approximate surface area is 322 Å². The lowest BCUT2D eigenvalue weighted by atomic mass is 9.67. The first-order valence-corrected chi connectivity index (χ1v) is 18.6. The first-order chi connectivity index (χ1) is 26.9. The number of hydrogen-bond acceptors (Lipinski definition) is 4. The number of anilines is 2. The second kappa shape index (κ2) is 13.7. The monoisotopic (exact) mass is 712 g/mol. The third-order valence-corrected chi connectivity index (χ3v) is 10.7. The van der Waals surface area contributed by atoms with Crippen LogP contribution in [0.15, 0.2) is 182 Å². The molecule has 1 aliphatic carbocycles. The first kappa shape index (κ1) is 33.8. The molecule has 0 heterocycles. The van der Waals surface area contributed by atoms with E-state index in [1.165, 1.54) is 22.3 Å². The van der Waals surface area contributed by atoms with Crippen LogP contribution in [-0.2, 0) is 5.41 Å². The van der Waals surface area contributed by atoms with Gasteiger partial charge in [0.25, 0.3) is 0 Å². The molecular weight excluding hydrogens is 673 g/mol. The Morgan fingerprint density at radius 1 is 0.364 bits per heavy atom. The van der Waals surface area contributed by atoms with Crippen LogP contribution >= 0.6 is 0 Å². The van der Waals surface area contributed by atoms with Crippen LogP contribution in [0, 0.1) is 13.8 Å². The van der Waals surface area contributed by atoms with Gasteiger partial charge in [-0.15, -0.1) is 0 Å². The van der Waals surface area contributed by atoms with Crippen molar-refractivity contribution >= 4 is 11.4 Å². The maximum absolute atomic E-state index is 6.66. The highest BCUT2D eigenvalue weighted by molar-refractivity contribution is 5.88. The van der Waals surface area contributed by atoms with Gasteiger partial charge in [0.05, 0.1) is 16.8 Å². The Hall–Kier alpha value is -7.04. The Bertz CT molecular complexity index is 2510. The van der Waals surface area contributed by atoms with E-state index in [1.54, 1.807) is 0 Å². The predicted molar refractivity (Wildman–Crippen MR) is 226 cm³/mol. The summed E-state index contributed by atoms with van der Waals surface area (Å²) in [6, 6.07) is 63.4. The van der Waals surface area contributed by atoms with Crippen LogP contribution in [0.3, 0.4) is 0 Å². The van der Waals surface area contributed by atoms with Crippen LogP contribution in [0.1, 0.15) is 33.4 Å². The largest absolute Gasteiger partial charge is 0.455 e. The molecule has 0 saturated heterocycles. The van der Waals surface area contributed by atoms with Crippen molar-refractivity contribution in [2.45, 2.75) is 19.3 Å². The molecule has 0 fully saturated rings. The number of rotatable bonds is 8. The van der Waals surface area contributed by atoms with Gasteiger partial charge in [-0.3, -0.25) is 0 Å². The molecule has 8 aromatic carbocycles. The van der Waals surface area contributed by atoms with Crippen LogP contribution in [0.25, 0.3) is 33.4 Å². The minimum absolute atomic E-state index is 0.598. The quantitative estimate of drug-likeness (QED) is 0.154. The van der Waals surface area contributed by atoms with Gasteiger partial charge in [0.15, 0.2) is 0 Å². The molecule has 8 aromatic rings. The minimum atomic E-state index is -0.691. The van der Waals surface area contributed by atoms with Crippen molar-refractivity contribution in [2.75, 3.05) is 11.5 Å². The molecule has 4 N–H and O–H groups in total. The van der Waals surface area contributed by atoms with Crippen LogP contribution in [0.4, 0.5) is 11.4 Å². The van der Waals surface area contributed by atoms with E-state index in [0.29, 0.717) is 22.9 Å². The molecule has 0 atom stereocenters. The topological polar surface area (TPSA) is 70.5 Å². The van der Waals surface area contributed by atoms with Crippen molar-refractivity contribution in [2.24, 2.45) is 0 Å². The van der Waals surface area contributed by atoms with Gasteiger partial charge >= 0.3 is 0 Å². The summed E-state index contributed by atoms with van der Waals surface area (Å²) in [7, 11) is 0. The fourth-order valence-corrected chi connectivity index (χ4v) is 8.17. The minimum Gasteiger partial charge on any atom is -0.455 e. The molecule has 0 aromatic heterocycles. The van der Waals surface area contributed by atoms with E-state index in [-0.39, 0.29) is 0 Å². The summed E-state index contributed by atoms with van der Waals surface area (Å²) in [5.41, 5.74) is 26.7. The molecule has 55 heavy (non-hydrogen) atoms. The lowest BCUT2D eigenvalue weighted by Crippen LogP contribution is -2.28. The van der Waals surface area contributed by atoms with E-state index in [4.69, 9.17) is 20.9 Å². The summed E-state index contributed by atoms with van der Waals surface area (Å²) in [6.45, 7) is 4.06. The Morgan fingerprint density at radius 3 is 1.16 bits per heavy atom. The van der Waals surface area contributed by atoms with Crippen molar-refractivity contribution in [1.82, 2.24) is 0 Å². The van der Waals surface area contributed by atoms with Crippen molar-refractivity contribution in [3.63, 3.8) is 0 Å². The lowest BCUT2D eigenvalue weighted by molar-refractivity contribution is 0.486. The van der Waals surface area contributed by atoms with Crippen molar-refractivity contribution < 1.29 is 9.47 Å². The fraction of sp³-hybridized carbons (Fsp3) is 0.0588. The van der Waals surface area contributed by atoms with Crippen LogP contribution in [0.5, 0.6) is 23.0 Å². The Morgan fingerprint density at radius 2 is 0.745 bits per heavy atom. The van der Waals surface area contributed by atoms with E-state index in [9.17, 15) is 0 Å². The maximum Gasteiger partial charge on any atom is 0.150 e. The summed E-state index contributed by atoms with van der Waals surface area (Å²) in [6.07, 6.45) is 0. The number of nitrogen functional groups attached to an aromatic ring is 2. The maximum atomic E-state index is 6.66. The molecule has 0 saturated carbocycles. The van der Waals surface area contributed by atoms with Crippen LogP contribution in [-0.4, -0.2) is 0 Å². The average molecular weight is 713 g/mol. The molecule has 0 unspecified atom stereocenters. The van der Waals surface area contributed by atoms with Gasteiger partial charge in [0.2, 0.25) is 0 Å². The van der Waals surface area contributed by atoms with E-state index in [0.717, 1.165) is 56.0 Å². The molecule has 0 amide bonds. The third-order valence-electron chi connectivity index (χ3n) is 10.7. The highest BCUT2D eigenvalue weighted by atomic mass is 16.5. The third kappa shape index (κ3) is 5.89. The number of hydrogen-bond donors (Lipinski definition) is 2. The SMILES string of the molecule is Cc1ccc(Oc2ccc(C3(c4ccc(Oc5ccc(C)cc5N)c(-c5ccccc5)c4)c4ccccc4-c4ccccc43)cc2-c2ccccc2)c(N)c1. The van der Waals surface area contributed by atoms with Crippen LogP contribution < -0.4 is 20.9 Å². The molecular formula is C51H40N2O2. The second-order valence-electron chi connectivity index (χ2n) is 14.3. The van der Waals surface area contributed by atoms with E-state index in [1.807, 2.05) is 62.4 Å². The van der Waals surface area contributed by atoms with Gasteiger partial charge in [-0.05, 0) is 118 Å². The van der Waals surface area contributed by atoms with Crippen molar-refractivity contribution in [3.8, 4) is 56.4 Å². The predicted octanol–water partition coefficient (Wildman–Crippen LogP) is 12.7. The van der Waals surface area contributed by atoms with Gasteiger partial charge in [0, 0.05) is 11.1 Å². The van der Waals surface area contributed by atoms with Gasteiger partial charge < -0.3 is 20.9 Å². The highest BCUT2D eigenvalue weighted by Gasteiger charge is 2.46. The van der Waals surface area contributed by atoms with E-state index < -0.39 is 5.41 Å². The van der Waals surface area contributed by atoms with Crippen molar-refractivity contribution in [3.05, 3.63) is 215 Å². The number of fused-ring (bicyclic) bond motifs is 3. The smallest absolute Gasteiger partial charge is 0.150 e. The van der Waals surface area contributed by atoms with Gasteiger partial charge in [-0.1, -0.05) is 133 Å². The average Bonchev–Trinajstić information content (AvgIpc) is 3.52. The lowest BCUT2D eigenvalue weighted by Gasteiger charge is -2.35. The zero-order valence-corrected chi connectivity index (χ0v) is 30.8. The summed E-state index contributed by atoms with van der Waals surface area (Å²) < 4.78 is 13.3. The molecule has 9 rings (SSSR count). The standard InChI is InChI=1S/C51H40N2O2/c1-33-21-25-49(45(52)29-33)54-47-27-23-37(31-41(47)35-13-5-3-6-14-35)51(43-19-11-9-17-39(43)40-18-10-12-20-44(40)51)38-24-28-48(42(32-38)36-15-7-4-8-16-36)55-50-26-22-34(2)30-46(50)53/h3-32H,52-53H2,1-2H3. The number of nitrogens with two attached hydrogens (primary N) is 2. The van der Waals surface area contributed by atoms with Gasteiger partial charge in [-0.25, -0.2) is 0 Å². The molecule has 0 bridgehead atoms. The number of ether oxygens (including phenoxy) is 2. The molecule has 0 spiro atoms. The molecule has 0 aliphatic heterocycles. The van der Waals surface area contributed by atoms with Gasteiger partial charge in [-0.2, -0.15) is 0 Å². The summed E-state index contributed by atoms with van der Waals surface area (Å²) >= 11 is 0. The highest BCUT2D eigenvalue weighted by Crippen LogP contribution is 2.58. The zero-order chi connectivity index (χ0) is 37.5. The Balaban J connectivity index is 1.31. The molecule has 4 heteroatoms. The molecule has 266 valence electrons. The number of benzene rings is 8. The van der Waals surface area contributed by atoms with Crippen LogP contribution in [0.2, 0.25) is 0 Å². The first-order valence-electron chi connectivity index (χ1n) is 18.6. The van der Waals surface area contributed by atoms with Crippen molar-refractivity contribution in [1.29, 1.82) is 0 Å². The molecule has 4 nitrogen and oxygen atoms in total. The summed E-state index contributed by atoms with van der Waals surface area (Å²) in [5, 5.41) is 0. The normalized spacial score (nSPS) is 12.5. The van der Waals surface area contributed by atoms with E-state index in [2.05, 4.69) is 133 Å².